The highest BCUT2D eigenvalue weighted by Crippen LogP contribution is 2.21. The fourth-order valence-corrected chi connectivity index (χ4v) is 1.72. The topological polar surface area (TPSA) is 93.0 Å². The van der Waals surface area contributed by atoms with Gasteiger partial charge in [-0.1, -0.05) is 0 Å². The van der Waals surface area contributed by atoms with Gasteiger partial charge in [-0.3, -0.25) is 9.89 Å². The number of aromatic nitrogens is 2. The minimum Gasteiger partial charge on any atom is -0.496 e. The smallest absolute Gasteiger partial charge is 0.255 e. The molecule has 0 unspecified atom stereocenters. The van der Waals surface area contributed by atoms with E-state index in [1.54, 1.807) is 24.4 Å². The zero-order chi connectivity index (χ0) is 13.8. The van der Waals surface area contributed by atoms with Gasteiger partial charge in [-0.05, 0) is 19.1 Å². The lowest BCUT2D eigenvalue weighted by atomic mass is 10.1. The van der Waals surface area contributed by atoms with Crippen LogP contribution in [0.1, 0.15) is 21.6 Å². The summed E-state index contributed by atoms with van der Waals surface area (Å²) in [5.41, 5.74) is 8.54. The highest BCUT2D eigenvalue weighted by atomic mass is 16.5. The quantitative estimate of drug-likeness (QED) is 0.721. The van der Waals surface area contributed by atoms with Crippen molar-refractivity contribution in [3.8, 4) is 5.75 Å². The van der Waals surface area contributed by atoms with Crippen LogP contribution in [0.2, 0.25) is 0 Å². The Morgan fingerprint density at radius 1 is 1.53 bits per heavy atom. The normalized spacial score (nSPS) is 10.2. The van der Waals surface area contributed by atoms with Crippen molar-refractivity contribution in [2.24, 2.45) is 0 Å². The molecular weight excluding hydrogens is 244 g/mol. The van der Waals surface area contributed by atoms with Crippen molar-refractivity contribution in [2.45, 2.75) is 13.5 Å². The van der Waals surface area contributed by atoms with E-state index in [-0.39, 0.29) is 5.91 Å². The molecule has 0 aliphatic carbocycles. The maximum Gasteiger partial charge on any atom is 0.255 e. The average Bonchev–Trinajstić information content (AvgIpc) is 2.81. The number of nitrogens with zero attached hydrogens (tertiary/aromatic N) is 1. The first kappa shape index (κ1) is 12.9. The van der Waals surface area contributed by atoms with Crippen molar-refractivity contribution in [1.29, 1.82) is 0 Å². The van der Waals surface area contributed by atoms with Crippen LogP contribution < -0.4 is 15.8 Å². The number of aryl methyl sites for hydroxylation is 1. The maximum absolute atomic E-state index is 12.1. The lowest BCUT2D eigenvalue weighted by Crippen LogP contribution is -2.23. The zero-order valence-corrected chi connectivity index (χ0v) is 10.9. The minimum absolute atomic E-state index is 0.211. The molecular formula is C13H16N4O2. The number of carbonyl (C=O) groups is 1. The van der Waals surface area contributed by atoms with Crippen LogP contribution in [0.5, 0.6) is 5.75 Å². The highest BCUT2D eigenvalue weighted by molar-refractivity contribution is 5.97. The Kier molecular flexibility index (Phi) is 3.70. The van der Waals surface area contributed by atoms with Gasteiger partial charge in [0.2, 0.25) is 0 Å². The monoisotopic (exact) mass is 260 g/mol. The van der Waals surface area contributed by atoms with Crippen molar-refractivity contribution in [2.75, 3.05) is 12.8 Å². The number of hydrogen-bond acceptors (Lipinski definition) is 4. The molecule has 1 amide bonds. The summed E-state index contributed by atoms with van der Waals surface area (Å²) in [6.07, 6.45) is 1.69. The molecule has 2 aromatic rings. The molecule has 0 aliphatic rings. The first-order valence-corrected chi connectivity index (χ1v) is 5.82. The minimum atomic E-state index is -0.211. The molecule has 1 aromatic heterocycles. The summed E-state index contributed by atoms with van der Waals surface area (Å²) < 4.78 is 5.15. The molecule has 19 heavy (non-hydrogen) atoms. The summed E-state index contributed by atoms with van der Waals surface area (Å²) in [5.74, 6) is 0.249. The second-order valence-corrected chi connectivity index (χ2v) is 4.16. The molecule has 0 saturated heterocycles. The number of nitrogens with two attached hydrogens (primary N) is 1. The van der Waals surface area contributed by atoms with E-state index in [4.69, 9.17) is 10.5 Å². The molecule has 1 heterocycles. The Bertz CT molecular complexity index is 592. The number of nitrogen functional groups attached to an aromatic ring is 1. The predicted octanol–water partition coefficient (Wildman–Crippen LogP) is 1.24. The molecule has 6 heteroatoms. The van der Waals surface area contributed by atoms with Gasteiger partial charge in [0.1, 0.15) is 5.75 Å². The number of hydrogen-bond donors (Lipinski definition) is 3. The number of carbonyl (C=O) groups excluding carboxylic acids is 1. The van der Waals surface area contributed by atoms with Gasteiger partial charge in [-0.15, -0.1) is 0 Å². The Labute approximate surface area is 111 Å². The predicted molar refractivity (Wildman–Crippen MR) is 71.9 cm³/mol. The largest absolute Gasteiger partial charge is 0.496 e. The number of benzene rings is 1. The van der Waals surface area contributed by atoms with Crippen LogP contribution >= 0.6 is 0 Å². The van der Waals surface area contributed by atoms with Gasteiger partial charge in [0.15, 0.2) is 0 Å². The summed E-state index contributed by atoms with van der Waals surface area (Å²) in [6.45, 7) is 2.31. The lowest BCUT2D eigenvalue weighted by Gasteiger charge is -2.09. The Hall–Kier alpha value is -2.50. The molecule has 0 spiro atoms. The third-order valence-corrected chi connectivity index (χ3v) is 2.84. The molecule has 0 aliphatic heterocycles. The van der Waals surface area contributed by atoms with E-state index in [2.05, 4.69) is 15.5 Å². The molecule has 100 valence electrons. The molecule has 6 nitrogen and oxygen atoms in total. The number of H-pyrrole nitrogens is 1. The highest BCUT2D eigenvalue weighted by Gasteiger charge is 2.12. The summed E-state index contributed by atoms with van der Waals surface area (Å²) >= 11 is 0. The molecule has 0 atom stereocenters. The second kappa shape index (κ2) is 5.43. The molecule has 0 bridgehead atoms. The Morgan fingerprint density at radius 2 is 2.32 bits per heavy atom. The average molecular weight is 260 g/mol. The van der Waals surface area contributed by atoms with Crippen molar-refractivity contribution in [1.82, 2.24) is 15.5 Å². The number of aromatic amines is 1. The van der Waals surface area contributed by atoms with Crippen molar-refractivity contribution < 1.29 is 9.53 Å². The summed E-state index contributed by atoms with van der Waals surface area (Å²) in [4.78, 5) is 12.1. The van der Waals surface area contributed by atoms with Crippen molar-refractivity contribution in [3.63, 3.8) is 0 Å². The summed E-state index contributed by atoms with van der Waals surface area (Å²) in [6, 6.07) is 4.93. The maximum atomic E-state index is 12.1. The van der Waals surface area contributed by atoms with E-state index in [0.29, 0.717) is 23.5 Å². The lowest BCUT2D eigenvalue weighted by molar-refractivity contribution is 0.0948. The first-order chi connectivity index (χ1) is 9.11. The van der Waals surface area contributed by atoms with E-state index in [1.807, 2.05) is 6.92 Å². The van der Waals surface area contributed by atoms with Gasteiger partial charge in [0.25, 0.3) is 5.91 Å². The van der Waals surface area contributed by atoms with Crippen LogP contribution in [-0.4, -0.2) is 23.2 Å². The van der Waals surface area contributed by atoms with Gasteiger partial charge in [0, 0.05) is 29.6 Å². The fraction of sp³-hybridized carbons (Fsp3) is 0.231. The number of amides is 1. The summed E-state index contributed by atoms with van der Waals surface area (Å²) in [7, 11) is 1.51. The van der Waals surface area contributed by atoms with Gasteiger partial charge in [-0.2, -0.15) is 5.10 Å². The molecule has 0 radical (unpaired) electrons. The molecule has 2 rings (SSSR count). The third-order valence-electron chi connectivity index (χ3n) is 2.84. The molecule has 4 N–H and O–H groups in total. The first-order valence-electron chi connectivity index (χ1n) is 5.82. The number of anilines is 1. The SMILES string of the molecule is COc1cc(N)ccc1C(=O)NCc1cn[nH]c1C. The number of ether oxygens (including phenoxy) is 1. The zero-order valence-electron chi connectivity index (χ0n) is 10.9. The van der Waals surface area contributed by atoms with Crippen LogP contribution in [0.4, 0.5) is 5.69 Å². The van der Waals surface area contributed by atoms with E-state index < -0.39 is 0 Å². The number of methoxy groups -OCH3 is 1. The van der Waals surface area contributed by atoms with E-state index in [9.17, 15) is 4.79 Å². The number of rotatable bonds is 4. The Balaban J connectivity index is 2.10. The molecule has 0 fully saturated rings. The van der Waals surface area contributed by atoms with E-state index in [1.165, 1.54) is 7.11 Å². The van der Waals surface area contributed by atoms with Gasteiger partial charge >= 0.3 is 0 Å². The van der Waals surface area contributed by atoms with Gasteiger partial charge < -0.3 is 15.8 Å². The van der Waals surface area contributed by atoms with Crippen LogP contribution in [0.15, 0.2) is 24.4 Å². The van der Waals surface area contributed by atoms with Crippen LogP contribution in [-0.2, 0) is 6.54 Å². The van der Waals surface area contributed by atoms with Gasteiger partial charge in [-0.25, -0.2) is 0 Å². The molecule has 0 saturated carbocycles. The van der Waals surface area contributed by atoms with Crippen molar-refractivity contribution in [3.05, 3.63) is 41.2 Å². The van der Waals surface area contributed by atoms with Crippen LogP contribution in [0.25, 0.3) is 0 Å². The number of nitrogens with one attached hydrogen (secondary N) is 2. The van der Waals surface area contributed by atoms with Crippen LogP contribution in [0, 0.1) is 6.92 Å². The summed E-state index contributed by atoms with van der Waals surface area (Å²) in [5, 5.41) is 9.54. The van der Waals surface area contributed by atoms with E-state index >= 15 is 0 Å². The van der Waals surface area contributed by atoms with Gasteiger partial charge in [0.05, 0.1) is 18.9 Å². The Morgan fingerprint density at radius 3 is 2.95 bits per heavy atom. The standard InChI is InChI=1S/C13H16N4O2/c1-8-9(7-16-17-8)6-15-13(18)11-4-3-10(14)5-12(11)19-2/h3-5,7H,6,14H2,1-2H3,(H,15,18)(H,16,17). The van der Waals surface area contributed by atoms with E-state index in [0.717, 1.165) is 11.3 Å². The van der Waals surface area contributed by atoms with Crippen molar-refractivity contribution >= 4 is 11.6 Å². The third kappa shape index (κ3) is 2.85. The molecule has 1 aromatic carbocycles. The second-order valence-electron chi connectivity index (χ2n) is 4.16. The van der Waals surface area contributed by atoms with Crippen LogP contribution in [0.3, 0.4) is 0 Å². The fourth-order valence-electron chi connectivity index (χ4n) is 1.72.